The molecule has 128 valence electrons. The van der Waals surface area contributed by atoms with Crippen molar-refractivity contribution < 1.29 is 9.59 Å². The number of benzene rings is 1. The van der Waals surface area contributed by atoms with Gasteiger partial charge in [-0.25, -0.2) is 0 Å². The summed E-state index contributed by atoms with van der Waals surface area (Å²) in [5.74, 6) is -0.362. The van der Waals surface area contributed by atoms with Crippen molar-refractivity contribution in [1.29, 1.82) is 0 Å². The third kappa shape index (κ3) is 5.51. The predicted octanol–water partition coefficient (Wildman–Crippen LogP) is 4.47. The molecular weight excluding hydrogens is 367 g/mol. The quantitative estimate of drug-likeness (QED) is 0.764. The minimum atomic E-state index is -0.299. The Kier molecular flexibility index (Phi) is 7.09. The van der Waals surface area contributed by atoms with Gasteiger partial charge in [-0.1, -0.05) is 36.2 Å². The van der Waals surface area contributed by atoms with Gasteiger partial charge in [-0.15, -0.1) is 11.3 Å². The molecule has 0 fully saturated rings. The van der Waals surface area contributed by atoms with Crippen LogP contribution in [0.25, 0.3) is 0 Å². The molecule has 0 aliphatic rings. The maximum atomic E-state index is 12.4. The van der Waals surface area contributed by atoms with Gasteiger partial charge in [0, 0.05) is 16.4 Å². The Bertz CT molecular complexity index is 705. The summed E-state index contributed by atoms with van der Waals surface area (Å²) >= 11 is 13.5. The molecule has 0 aliphatic carbocycles. The number of nitrogens with zero attached hydrogens (tertiary/aromatic N) is 1. The summed E-state index contributed by atoms with van der Waals surface area (Å²) in [6, 6.07) is 8.67. The summed E-state index contributed by atoms with van der Waals surface area (Å²) in [4.78, 5) is 27.2. The van der Waals surface area contributed by atoms with Gasteiger partial charge in [-0.2, -0.15) is 0 Å². The molecule has 2 amide bonds. The Morgan fingerprint density at radius 3 is 2.71 bits per heavy atom. The highest BCUT2D eigenvalue weighted by molar-refractivity contribution is 7.10. The summed E-state index contributed by atoms with van der Waals surface area (Å²) in [6.45, 7) is 2.49. The van der Waals surface area contributed by atoms with Crippen molar-refractivity contribution in [3.63, 3.8) is 0 Å². The predicted molar refractivity (Wildman–Crippen MR) is 100.0 cm³/mol. The van der Waals surface area contributed by atoms with Crippen LogP contribution in [-0.4, -0.2) is 29.8 Å². The van der Waals surface area contributed by atoms with Crippen LogP contribution in [0.5, 0.6) is 0 Å². The fraction of sp³-hybridized carbons (Fsp3) is 0.294. The molecule has 0 atom stereocenters. The molecule has 0 bridgehead atoms. The van der Waals surface area contributed by atoms with Crippen LogP contribution < -0.4 is 5.32 Å². The van der Waals surface area contributed by atoms with E-state index in [0.717, 1.165) is 11.3 Å². The first-order valence-electron chi connectivity index (χ1n) is 7.54. The van der Waals surface area contributed by atoms with Crippen LogP contribution in [0, 0.1) is 0 Å². The molecule has 2 aromatic rings. The lowest BCUT2D eigenvalue weighted by Crippen LogP contribution is -2.39. The van der Waals surface area contributed by atoms with Crippen LogP contribution in [0.2, 0.25) is 10.0 Å². The number of hydrogen-bond donors (Lipinski definition) is 1. The SMILES string of the molecule is CCCN(CC(=O)Nc1cc(Cl)ccc1Cl)C(=O)Cc1cccs1. The molecule has 0 spiro atoms. The summed E-state index contributed by atoms with van der Waals surface area (Å²) in [7, 11) is 0. The number of thiophene rings is 1. The zero-order chi connectivity index (χ0) is 17.5. The van der Waals surface area contributed by atoms with Crippen molar-refractivity contribution in [3.8, 4) is 0 Å². The van der Waals surface area contributed by atoms with E-state index in [-0.39, 0.29) is 18.4 Å². The Hall–Kier alpha value is -1.56. The summed E-state index contributed by atoms with van der Waals surface area (Å²) in [5, 5.41) is 5.52. The van der Waals surface area contributed by atoms with Crippen LogP contribution in [0.15, 0.2) is 35.7 Å². The van der Waals surface area contributed by atoms with Gasteiger partial charge in [-0.3, -0.25) is 9.59 Å². The van der Waals surface area contributed by atoms with Crippen molar-refractivity contribution in [2.75, 3.05) is 18.4 Å². The van der Waals surface area contributed by atoms with Crippen LogP contribution >= 0.6 is 34.5 Å². The lowest BCUT2D eigenvalue weighted by Gasteiger charge is -2.21. The average molecular weight is 385 g/mol. The molecule has 1 heterocycles. The van der Waals surface area contributed by atoms with E-state index in [2.05, 4.69) is 5.32 Å². The number of nitrogens with one attached hydrogen (secondary N) is 1. The number of rotatable bonds is 7. The van der Waals surface area contributed by atoms with Gasteiger partial charge >= 0.3 is 0 Å². The maximum Gasteiger partial charge on any atom is 0.244 e. The van der Waals surface area contributed by atoms with E-state index in [4.69, 9.17) is 23.2 Å². The minimum Gasteiger partial charge on any atom is -0.333 e. The van der Waals surface area contributed by atoms with Crippen LogP contribution in [0.1, 0.15) is 18.2 Å². The molecule has 24 heavy (non-hydrogen) atoms. The molecule has 0 saturated carbocycles. The molecule has 0 radical (unpaired) electrons. The Balaban J connectivity index is 1.99. The first-order valence-corrected chi connectivity index (χ1v) is 9.18. The van der Waals surface area contributed by atoms with Gasteiger partial charge in [0.1, 0.15) is 0 Å². The number of carbonyl (C=O) groups is 2. The summed E-state index contributed by atoms with van der Waals surface area (Å²) in [5.41, 5.74) is 0.441. The molecule has 0 unspecified atom stereocenters. The van der Waals surface area contributed by atoms with Crippen molar-refractivity contribution in [3.05, 3.63) is 50.6 Å². The second-order valence-electron chi connectivity index (χ2n) is 5.24. The zero-order valence-corrected chi connectivity index (χ0v) is 15.5. The van der Waals surface area contributed by atoms with E-state index in [1.54, 1.807) is 23.1 Å². The average Bonchev–Trinajstić information content (AvgIpc) is 3.03. The molecular formula is C17H18Cl2N2O2S. The van der Waals surface area contributed by atoms with Gasteiger partial charge in [0.25, 0.3) is 0 Å². The van der Waals surface area contributed by atoms with E-state index in [1.807, 2.05) is 24.4 Å². The fourth-order valence-corrected chi connectivity index (χ4v) is 3.23. The first kappa shape index (κ1) is 18.8. The smallest absolute Gasteiger partial charge is 0.244 e. The van der Waals surface area contributed by atoms with Crippen molar-refractivity contribution in [1.82, 2.24) is 4.90 Å². The Morgan fingerprint density at radius 1 is 1.25 bits per heavy atom. The summed E-state index contributed by atoms with van der Waals surface area (Å²) in [6.07, 6.45) is 1.09. The highest BCUT2D eigenvalue weighted by Crippen LogP contribution is 2.25. The van der Waals surface area contributed by atoms with Gasteiger partial charge in [0.2, 0.25) is 11.8 Å². The second-order valence-corrected chi connectivity index (χ2v) is 7.12. The number of carbonyl (C=O) groups excluding carboxylic acids is 2. The molecule has 2 rings (SSSR count). The van der Waals surface area contributed by atoms with E-state index >= 15 is 0 Å². The van der Waals surface area contributed by atoms with Gasteiger partial charge in [-0.05, 0) is 36.1 Å². The molecule has 7 heteroatoms. The highest BCUT2D eigenvalue weighted by atomic mass is 35.5. The van der Waals surface area contributed by atoms with Gasteiger partial charge < -0.3 is 10.2 Å². The topological polar surface area (TPSA) is 49.4 Å². The third-order valence-corrected chi connectivity index (χ3v) is 4.73. The maximum absolute atomic E-state index is 12.4. The molecule has 4 nitrogen and oxygen atoms in total. The number of anilines is 1. The number of hydrogen-bond acceptors (Lipinski definition) is 3. The van der Waals surface area contributed by atoms with Crippen molar-refractivity contribution >= 4 is 52.0 Å². The standard InChI is InChI=1S/C17H18Cl2N2O2S/c1-2-7-21(17(23)10-13-4-3-8-24-13)11-16(22)20-15-9-12(18)5-6-14(15)19/h3-6,8-9H,2,7,10-11H2,1H3,(H,20,22). The van der Waals surface area contributed by atoms with Crippen LogP contribution in [-0.2, 0) is 16.0 Å². The zero-order valence-electron chi connectivity index (χ0n) is 13.2. The van der Waals surface area contributed by atoms with E-state index < -0.39 is 0 Å². The Morgan fingerprint density at radius 2 is 2.04 bits per heavy atom. The van der Waals surface area contributed by atoms with E-state index in [0.29, 0.717) is 28.7 Å². The lowest BCUT2D eigenvalue weighted by atomic mass is 10.2. The second kappa shape index (κ2) is 9.06. The van der Waals surface area contributed by atoms with E-state index in [1.165, 1.54) is 11.3 Å². The van der Waals surface area contributed by atoms with E-state index in [9.17, 15) is 9.59 Å². The van der Waals surface area contributed by atoms with Crippen molar-refractivity contribution in [2.24, 2.45) is 0 Å². The molecule has 1 N–H and O–H groups in total. The van der Waals surface area contributed by atoms with Gasteiger partial charge in [0.15, 0.2) is 0 Å². The largest absolute Gasteiger partial charge is 0.333 e. The Labute approximate surface area is 155 Å². The number of amides is 2. The monoisotopic (exact) mass is 384 g/mol. The minimum absolute atomic E-state index is 0.0130. The molecule has 1 aromatic carbocycles. The molecule has 1 aromatic heterocycles. The molecule has 0 aliphatic heterocycles. The first-order chi connectivity index (χ1) is 11.5. The normalized spacial score (nSPS) is 10.5. The lowest BCUT2D eigenvalue weighted by molar-refractivity contribution is -0.134. The fourth-order valence-electron chi connectivity index (χ4n) is 2.19. The third-order valence-electron chi connectivity index (χ3n) is 3.29. The van der Waals surface area contributed by atoms with Gasteiger partial charge in [0.05, 0.1) is 23.7 Å². The number of halogens is 2. The summed E-state index contributed by atoms with van der Waals surface area (Å²) < 4.78 is 0. The van der Waals surface area contributed by atoms with Crippen LogP contribution in [0.3, 0.4) is 0 Å². The highest BCUT2D eigenvalue weighted by Gasteiger charge is 2.18. The van der Waals surface area contributed by atoms with Crippen LogP contribution in [0.4, 0.5) is 5.69 Å². The van der Waals surface area contributed by atoms with Crippen molar-refractivity contribution in [2.45, 2.75) is 19.8 Å². The molecule has 0 saturated heterocycles.